The van der Waals surface area contributed by atoms with E-state index in [-0.39, 0.29) is 5.91 Å². The third-order valence-electron chi connectivity index (χ3n) is 4.61. The van der Waals surface area contributed by atoms with Gasteiger partial charge in [0.15, 0.2) is 6.10 Å². The number of aryl methyl sites for hydroxylation is 3. The van der Waals surface area contributed by atoms with Gasteiger partial charge in [-0.1, -0.05) is 61.0 Å². The first-order chi connectivity index (χ1) is 12.5. The fraction of sp³-hybridized carbons (Fsp3) is 0.261. The van der Waals surface area contributed by atoms with Crippen LogP contribution in [0.5, 0.6) is 5.75 Å². The van der Waals surface area contributed by atoms with Gasteiger partial charge in [0.1, 0.15) is 5.75 Å². The largest absolute Gasteiger partial charge is 0.480 e. The molecule has 0 fully saturated rings. The van der Waals surface area contributed by atoms with Gasteiger partial charge in [-0.05, 0) is 49.8 Å². The standard InChI is InChI=1S/C23H25NO2/c1-5-20(23(25)24-22-16(3)13-15(2)14-17(22)4)26-21-12-8-10-18-9-6-7-11-19(18)21/h6-14,20H,5H2,1-4H3,(H,24,25). The molecule has 0 aliphatic carbocycles. The van der Waals surface area contributed by atoms with Crippen molar-refractivity contribution in [3.8, 4) is 5.75 Å². The summed E-state index contributed by atoms with van der Waals surface area (Å²) in [6.07, 6.45) is 0.0554. The molecular formula is C23H25NO2. The maximum absolute atomic E-state index is 12.8. The van der Waals surface area contributed by atoms with Gasteiger partial charge in [0.25, 0.3) is 5.91 Å². The highest BCUT2D eigenvalue weighted by Gasteiger charge is 2.20. The van der Waals surface area contributed by atoms with E-state index in [9.17, 15) is 4.79 Å². The molecule has 1 atom stereocenters. The van der Waals surface area contributed by atoms with Gasteiger partial charge in [-0.2, -0.15) is 0 Å². The lowest BCUT2D eigenvalue weighted by Gasteiger charge is -2.20. The minimum absolute atomic E-state index is 0.115. The highest BCUT2D eigenvalue weighted by Crippen LogP contribution is 2.27. The number of hydrogen-bond acceptors (Lipinski definition) is 2. The van der Waals surface area contributed by atoms with E-state index < -0.39 is 6.10 Å². The summed E-state index contributed by atoms with van der Waals surface area (Å²) in [5.41, 5.74) is 4.20. The van der Waals surface area contributed by atoms with Crippen molar-refractivity contribution in [1.29, 1.82) is 0 Å². The molecule has 0 spiro atoms. The summed E-state index contributed by atoms with van der Waals surface area (Å²) in [6.45, 7) is 8.05. The Morgan fingerprint density at radius 3 is 2.35 bits per heavy atom. The third kappa shape index (κ3) is 3.72. The Labute approximate surface area is 155 Å². The summed E-state index contributed by atoms with van der Waals surface area (Å²) >= 11 is 0. The fourth-order valence-corrected chi connectivity index (χ4v) is 3.35. The van der Waals surface area contributed by atoms with Gasteiger partial charge in [0.05, 0.1) is 0 Å². The average molecular weight is 347 g/mol. The lowest BCUT2D eigenvalue weighted by molar-refractivity contribution is -0.122. The second-order valence-electron chi connectivity index (χ2n) is 6.75. The molecule has 0 bridgehead atoms. The van der Waals surface area contributed by atoms with E-state index in [1.807, 2.05) is 63.2 Å². The van der Waals surface area contributed by atoms with E-state index in [2.05, 4.69) is 24.4 Å². The molecule has 3 aromatic carbocycles. The minimum Gasteiger partial charge on any atom is -0.480 e. The Morgan fingerprint density at radius 2 is 1.65 bits per heavy atom. The molecule has 3 aromatic rings. The number of ether oxygens (including phenoxy) is 1. The molecule has 0 aliphatic heterocycles. The summed E-state index contributed by atoms with van der Waals surface area (Å²) < 4.78 is 6.10. The quantitative estimate of drug-likeness (QED) is 0.656. The van der Waals surface area contributed by atoms with Gasteiger partial charge in [0, 0.05) is 11.1 Å². The van der Waals surface area contributed by atoms with E-state index in [0.29, 0.717) is 6.42 Å². The summed E-state index contributed by atoms with van der Waals surface area (Å²) in [4.78, 5) is 12.8. The molecule has 0 aromatic heterocycles. The van der Waals surface area contributed by atoms with Crippen LogP contribution in [0.25, 0.3) is 10.8 Å². The summed E-state index contributed by atoms with van der Waals surface area (Å²) in [7, 11) is 0. The van der Waals surface area contributed by atoms with Crippen molar-refractivity contribution in [3.05, 3.63) is 71.3 Å². The predicted molar refractivity (Wildman–Crippen MR) is 108 cm³/mol. The lowest BCUT2D eigenvalue weighted by atomic mass is 10.0. The lowest BCUT2D eigenvalue weighted by Crippen LogP contribution is -2.33. The van der Waals surface area contributed by atoms with Crippen molar-refractivity contribution in [2.45, 2.75) is 40.2 Å². The first kappa shape index (κ1) is 18.0. The molecule has 0 saturated carbocycles. The van der Waals surface area contributed by atoms with E-state index >= 15 is 0 Å². The van der Waals surface area contributed by atoms with Crippen LogP contribution in [0.1, 0.15) is 30.0 Å². The zero-order valence-corrected chi connectivity index (χ0v) is 15.8. The number of nitrogens with one attached hydrogen (secondary N) is 1. The van der Waals surface area contributed by atoms with Crippen molar-refractivity contribution in [2.75, 3.05) is 5.32 Å². The Bertz CT molecular complexity index is 918. The van der Waals surface area contributed by atoms with Crippen LogP contribution in [0, 0.1) is 20.8 Å². The van der Waals surface area contributed by atoms with Crippen LogP contribution in [-0.4, -0.2) is 12.0 Å². The van der Waals surface area contributed by atoms with E-state index in [1.165, 1.54) is 5.56 Å². The summed E-state index contributed by atoms with van der Waals surface area (Å²) in [5, 5.41) is 5.18. The molecular weight excluding hydrogens is 322 g/mol. The predicted octanol–water partition coefficient (Wildman–Crippen LogP) is 5.56. The molecule has 1 unspecified atom stereocenters. The Balaban J connectivity index is 1.84. The SMILES string of the molecule is CCC(Oc1cccc2ccccc12)C(=O)Nc1c(C)cc(C)cc1C. The maximum atomic E-state index is 12.8. The molecule has 0 saturated heterocycles. The number of anilines is 1. The first-order valence-electron chi connectivity index (χ1n) is 9.02. The monoisotopic (exact) mass is 347 g/mol. The number of amides is 1. The van der Waals surface area contributed by atoms with E-state index in [0.717, 1.165) is 33.3 Å². The molecule has 0 heterocycles. The van der Waals surface area contributed by atoms with Crippen LogP contribution >= 0.6 is 0 Å². The van der Waals surface area contributed by atoms with Gasteiger partial charge in [-0.3, -0.25) is 4.79 Å². The van der Waals surface area contributed by atoms with Crippen LogP contribution in [0.2, 0.25) is 0 Å². The molecule has 1 N–H and O–H groups in total. The van der Waals surface area contributed by atoms with Gasteiger partial charge < -0.3 is 10.1 Å². The van der Waals surface area contributed by atoms with Gasteiger partial charge in [0.2, 0.25) is 0 Å². The van der Waals surface area contributed by atoms with Crippen molar-refractivity contribution < 1.29 is 9.53 Å². The molecule has 0 aliphatic rings. The third-order valence-corrected chi connectivity index (χ3v) is 4.61. The number of carbonyl (C=O) groups is 1. The van der Waals surface area contributed by atoms with E-state index in [4.69, 9.17) is 4.74 Å². The molecule has 1 amide bonds. The summed E-state index contributed by atoms with van der Waals surface area (Å²) in [6, 6.07) is 18.1. The van der Waals surface area contributed by atoms with Crippen LogP contribution in [0.3, 0.4) is 0 Å². The topological polar surface area (TPSA) is 38.3 Å². The normalized spacial score (nSPS) is 12.0. The van der Waals surface area contributed by atoms with Crippen LogP contribution < -0.4 is 10.1 Å². The molecule has 26 heavy (non-hydrogen) atoms. The van der Waals surface area contributed by atoms with Gasteiger partial charge in [-0.25, -0.2) is 0 Å². The van der Waals surface area contributed by atoms with Gasteiger partial charge in [-0.15, -0.1) is 0 Å². The minimum atomic E-state index is -0.541. The highest BCUT2D eigenvalue weighted by atomic mass is 16.5. The molecule has 134 valence electrons. The average Bonchev–Trinajstić information content (AvgIpc) is 2.62. The highest BCUT2D eigenvalue weighted by molar-refractivity contribution is 5.96. The van der Waals surface area contributed by atoms with Crippen LogP contribution in [0.15, 0.2) is 54.6 Å². The van der Waals surface area contributed by atoms with E-state index in [1.54, 1.807) is 0 Å². The molecule has 3 nitrogen and oxygen atoms in total. The van der Waals surface area contributed by atoms with Crippen LogP contribution in [0.4, 0.5) is 5.69 Å². The number of carbonyl (C=O) groups excluding carboxylic acids is 1. The fourth-order valence-electron chi connectivity index (χ4n) is 3.35. The molecule has 3 heteroatoms. The summed E-state index contributed by atoms with van der Waals surface area (Å²) in [5.74, 6) is 0.623. The Morgan fingerprint density at radius 1 is 1.00 bits per heavy atom. The molecule has 0 radical (unpaired) electrons. The van der Waals surface area contributed by atoms with Crippen molar-refractivity contribution in [1.82, 2.24) is 0 Å². The molecule has 3 rings (SSSR count). The number of benzene rings is 3. The maximum Gasteiger partial charge on any atom is 0.265 e. The second kappa shape index (κ2) is 7.61. The van der Waals surface area contributed by atoms with Crippen LogP contribution in [-0.2, 0) is 4.79 Å². The number of hydrogen-bond donors (Lipinski definition) is 1. The van der Waals surface area contributed by atoms with Crippen molar-refractivity contribution in [3.63, 3.8) is 0 Å². The zero-order valence-electron chi connectivity index (χ0n) is 15.8. The first-order valence-corrected chi connectivity index (χ1v) is 9.02. The number of fused-ring (bicyclic) bond motifs is 1. The second-order valence-corrected chi connectivity index (χ2v) is 6.75. The van der Waals surface area contributed by atoms with Crippen molar-refractivity contribution >= 4 is 22.4 Å². The van der Waals surface area contributed by atoms with Crippen molar-refractivity contribution in [2.24, 2.45) is 0 Å². The Kier molecular flexibility index (Phi) is 5.27. The Hall–Kier alpha value is -2.81. The zero-order chi connectivity index (χ0) is 18.7. The number of rotatable bonds is 5. The smallest absolute Gasteiger partial charge is 0.265 e. The van der Waals surface area contributed by atoms with Gasteiger partial charge >= 0.3 is 0 Å².